The van der Waals surface area contributed by atoms with Crippen molar-refractivity contribution in [2.24, 2.45) is 5.92 Å². The number of furan rings is 3. The molecule has 24 heavy (non-hydrogen) atoms. The summed E-state index contributed by atoms with van der Waals surface area (Å²) in [6, 6.07) is 6.27. The summed E-state index contributed by atoms with van der Waals surface area (Å²) in [6.07, 6.45) is 13.5. The maximum atomic E-state index is 6.09. The molecule has 0 N–H and O–H groups in total. The molecule has 0 aromatic carbocycles. The molecule has 3 heterocycles. The maximum absolute atomic E-state index is 6.09. The van der Waals surface area contributed by atoms with Gasteiger partial charge in [0.15, 0.2) is 0 Å². The zero-order valence-electron chi connectivity index (χ0n) is 14.6. The largest absolute Gasteiger partial charge is 0.472 e. The highest BCUT2D eigenvalue weighted by Crippen LogP contribution is 2.22. The van der Waals surface area contributed by atoms with Crippen LogP contribution in [-0.2, 0) is 25.7 Å². The Morgan fingerprint density at radius 1 is 0.958 bits per heavy atom. The van der Waals surface area contributed by atoms with Crippen molar-refractivity contribution < 1.29 is 13.3 Å². The molecule has 0 saturated carbocycles. The lowest BCUT2D eigenvalue weighted by Gasteiger charge is -2.08. The molecule has 0 saturated heterocycles. The van der Waals surface area contributed by atoms with E-state index in [9.17, 15) is 0 Å². The lowest BCUT2D eigenvalue weighted by atomic mass is 9.98. The molecule has 3 aromatic rings. The van der Waals surface area contributed by atoms with Gasteiger partial charge in [0.2, 0.25) is 0 Å². The molecule has 1 atom stereocenters. The van der Waals surface area contributed by atoms with E-state index in [1.165, 1.54) is 29.5 Å². The molecule has 0 aliphatic rings. The number of aryl methyl sites for hydroxylation is 4. The van der Waals surface area contributed by atoms with Crippen LogP contribution in [0.2, 0.25) is 0 Å². The van der Waals surface area contributed by atoms with Gasteiger partial charge in [-0.3, -0.25) is 0 Å². The summed E-state index contributed by atoms with van der Waals surface area (Å²) < 4.78 is 16.3. The van der Waals surface area contributed by atoms with Gasteiger partial charge in [-0.05, 0) is 73.4 Å². The SMILES string of the molecule is Cc1cc(C[C@@H](C)CCCc2ccoc2)oc1CCc1ccoc1. The maximum Gasteiger partial charge on any atom is 0.107 e. The van der Waals surface area contributed by atoms with E-state index in [2.05, 4.69) is 19.9 Å². The average Bonchev–Trinajstić information content (AvgIpc) is 3.28. The molecule has 0 bridgehead atoms. The Hall–Kier alpha value is -2.16. The third kappa shape index (κ3) is 4.67. The molecule has 0 radical (unpaired) electrons. The summed E-state index contributed by atoms with van der Waals surface area (Å²) in [5, 5.41) is 0. The molecule has 0 spiro atoms. The first-order chi connectivity index (χ1) is 11.7. The van der Waals surface area contributed by atoms with Crippen LogP contribution in [-0.4, -0.2) is 0 Å². The van der Waals surface area contributed by atoms with E-state index >= 15 is 0 Å². The summed E-state index contributed by atoms with van der Waals surface area (Å²) in [7, 11) is 0. The second-order valence-corrected chi connectivity index (χ2v) is 6.78. The Morgan fingerprint density at radius 3 is 2.33 bits per heavy atom. The highest BCUT2D eigenvalue weighted by atomic mass is 16.3. The van der Waals surface area contributed by atoms with Gasteiger partial charge < -0.3 is 13.3 Å². The van der Waals surface area contributed by atoms with Crippen LogP contribution in [0.4, 0.5) is 0 Å². The summed E-state index contributed by atoms with van der Waals surface area (Å²) in [5.41, 5.74) is 3.77. The van der Waals surface area contributed by atoms with E-state index in [-0.39, 0.29) is 0 Å². The quantitative estimate of drug-likeness (QED) is 0.502. The van der Waals surface area contributed by atoms with E-state index in [4.69, 9.17) is 13.3 Å². The second kappa shape index (κ2) is 8.09. The minimum atomic E-state index is 0.629. The van der Waals surface area contributed by atoms with E-state index in [0.717, 1.165) is 37.2 Å². The first kappa shape index (κ1) is 16.7. The molecule has 3 rings (SSSR count). The van der Waals surface area contributed by atoms with Crippen molar-refractivity contribution in [2.75, 3.05) is 0 Å². The number of rotatable bonds is 9. The third-order valence-corrected chi connectivity index (χ3v) is 4.58. The van der Waals surface area contributed by atoms with E-state index in [0.29, 0.717) is 5.92 Å². The summed E-state index contributed by atoms with van der Waals surface area (Å²) in [5.74, 6) is 2.85. The predicted molar refractivity (Wildman–Crippen MR) is 94.1 cm³/mol. The van der Waals surface area contributed by atoms with Crippen molar-refractivity contribution >= 4 is 0 Å². The summed E-state index contributed by atoms with van der Waals surface area (Å²) >= 11 is 0. The van der Waals surface area contributed by atoms with Crippen molar-refractivity contribution in [3.8, 4) is 0 Å². The molecule has 0 aliphatic heterocycles. The first-order valence-electron chi connectivity index (χ1n) is 8.81. The smallest absolute Gasteiger partial charge is 0.107 e. The minimum absolute atomic E-state index is 0.629. The summed E-state index contributed by atoms with van der Waals surface area (Å²) in [6.45, 7) is 4.44. The normalized spacial score (nSPS) is 12.6. The standard InChI is InChI=1S/C21H26O3/c1-16(4-3-5-18-8-10-22-14-18)12-20-13-17(2)21(24-20)7-6-19-9-11-23-15-19/h8-11,13-16H,3-7,12H2,1-2H3/t16-/m0/s1. The van der Waals surface area contributed by atoms with Crippen LogP contribution in [0.15, 0.2) is 56.5 Å². The van der Waals surface area contributed by atoms with Crippen molar-refractivity contribution in [1.82, 2.24) is 0 Å². The van der Waals surface area contributed by atoms with Gasteiger partial charge in [-0.25, -0.2) is 0 Å². The van der Waals surface area contributed by atoms with Gasteiger partial charge in [0, 0.05) is 12.8 Å². The van der Waals surface area contributed by atoms with Crippen molar-refractivity contribution in [3.05, 3.63) is 71.5 Å². The van der Waals surface area contributed by atoms with Crippen molar-refractivity contribution in [1.29, 1.82) is 0 Å². The van der Waals surface area contributed by atoms with E-state index in [1.807, 2.05) is 18.4 Å². The Kier molecular flexibility index (Phi) is 5.63. The highest BCUT2D eigenvalue weighted by molar-refractivity contribution is 5.22. The fourth-order valence-corrected chi connectivity index (χ4v) is 3.17. The Labute approximate surface area is 143 Å². The van der Waals surface area contributed by atoms with Gasteiger partial charge in [0.25, 0.3) is 0 Å². The van der Waals surface area contributed by atoms with Crippen LogP contribution in [0.25, 0.3) is 0 Å². The molecule has 0 amide bonds. The van der Waals surface area contributed by atoms with Crippen LogP contribution in [0.3, 0.4) is 0 Å². The van der Waals surface area contributed by atoms with Gasteiger partial charge in [-0.2, -0.15) is 0 Å². The van der Waals surface area contributed by atoms with Crippen LogP contribution in [0.1, 0.15) is 48.0 Å². The zero-order chi connectivity index (χ0) is 16.8. The molecule has 3 nitrogen and oxygen atoms in total. The molecule has 0 unspecified atom stereocenters. The molecule has 128 valence electrons. The van der Waals surface area contributed by atoms with Crippen LogP contribution < -0.4 is 0 Å². The Balaban J connectivity index is 1.45. The van der Waals surface area contributed by atoms with Gasteiger partial charge in [-0.1, -0.05) is 6.92 Å². The van der Waals surface area contributed by atoms with Crippen LogP contribution >= 0.6 is 0 Å². The molecular formula is C21H26O3. The Morgan fingerprint density at radius 2 is 1.67 bits per heavy atom. The fraction of sp³-hybridized carbons (Fsp3) is 0.429. The monoisotopic (exact) mass is 326 g/mol. The van der Waals surface area contributed by atoms with Gasteiger partial charge >= 0.3 is 0 Å². The van der Waals surface area contributed by atoms with E-state index in [1.54, 1.807) is 18.8 Å². The Bertz CT molecular complexity index is 704. The molecular weight excluding hydrogens is 300 g/mol. The second-order valence-electron chi connectivity index (χ2n) is 6.78. The summed E-state index contributed by atoms with van der Waals surface area (Å²) in [4.78, 5) is 0. The number of hydrogen-bond donors (Lipinski definition) is 0. The molecule has 0 aliphatic carbocycles. The lowest BCUT2D eigenvalue weighted by Crippen LogP contribution is -1.99. The van der Waals surface area contributed by atoms with Gasteiger partial charge in [0.1, 0.15) is 11.5 Å². The first-order valence-corrected chi connectivity index (χ1v) is 8.81. The van der Waals surface area contributed by atoms with Crippen molar-refractivity contribution in [2.45, 2.75) is 52.4 Å². The van der Waals surface area contributed by atoms with Crippen LogP contribution in [0.5, 0.6) is 0 Å². The average molecular weight is 326 g/mol. The van der Waals surface area contributed by atoms with Gasteiger partial charge in [-0.15, -0.1) is 0 Å². The highest BCUT2D eigenvalue weighted by Gasteiger charge is 2.12. The lowest BCUT2D eigenvalue weighted by molar-refractivity contribution is 0.411. The van der Waals surface area contributed by atoms with Gasteiger partial charge in [0.05, 0.1) is 25.1 Å². The molecule has 3 aromatic heterocycles. The fourth-order valence-electron chi connectivity index (χ4n) is 3.17. The topological polar surface area (TPSA) is 39.4 Å². The number of hydrogen-bond acceptors (Lipinski definition) is 3. The van der Waals surface area contributed by atoms with Crippen LogP contribution in [0, 0.1) is 12.8 Å². The molecule has 3 heteroatoms. The third-order valence-electron chi connectivity index (χ3n) is 4.58. The molecule has 0 fully saturated rings. The van der Waals surface area contributed by atoms with Crippen molar-refractivity contribution in [3.63, 3.8) is 0 Å². The predicted octanol–water partition coefficient (Wildman–Crippen LogP) is 5.76. The minimum Gasteiger partial charge on any atom is -0.472 e. The van der Waals surface area contributed by atoms with E-state index < -0.39 is 0 Å². The zero-order valence-corrected chi connectivity index (χ0v) is 14.6.